The number of amides is 1. The highest BCUT2D eigenvalue weighted by Crippen LogP contribution is 2.16. The van der Waals surface area contributed by atoms with E-state index in [0.717, 1.165) is 11.1 Å². The standard InChI is InChI=1S/C19H23N3O3S/c1-16-4-2-5-17(14-16)15-26(24,25)22-11-3-10-21(12-13-22)19(23)18-6-8-20-9-7-18/h2,4-9,14H,3,10-13,15H2,1H3. The van der Waals surface area contributed by atoms with Crippen molar-refractivity contribution in [2.75, 3.05) is 26.2 Å². The molecule has 7 heteroatoms. The molecule has 6 nitrogen and oxygen atoms in total. The molecule has 0 N–H and O–H groups in total. The molecule has 1 aromatic heterocycles. The fourth-order valence-corrected chi connectivity index (χ4v) is 4.71. The van der Waals surface area contributed by atoms with Gasteiger partial charge in [0.05, 0.1) is 5.75 Å². The van der Waals surface area contributed by atoms with Crippen LogP contribution in [-0.2, 0) is 15.8 Å². The van der Waals surface area contributed by atoms with Crippen LogP contribution in [0.25, 0.3) is 0 Å². The Labute approximate surface area is 154 Å². The third-order valence-electron chi connectivity index (χ3n) is 4.49. The lowest BCUT2D eigenvalue weighted by Gasteiger charge is -2.22. The summed E-state index contributed by atoms with van der Waals surface area (Å²) in [6.45, 7) is 3.66. The Bertz CT molecular complexity index is 869. The molecular weight excluding hydrogens is 350 g/mol. The SMILES string of the molecule is Cc1cccc(CS(=O)(=O)N2CCCN(C(=O)c3ccncc3)CC2)c1. The quantitative estimate of drug-likeness (QED) is 0.823. The van der Waals surface area contributed by atoms with Crippen molar-refractivity contribution in [3.8, 4) is 0 Å². The van der Waals surface area contributed by atoms with Crippen molar-refractivity contribution >= 4 is 15.9 Å². The second-order valence-electron chi connectivity index (χ2n) is 6.53. The van der Waals surface area contributed by atoms with Crippen molar-refractivity contribution in [1.82, 2.24) is 14.2 Å². The first-order valence-electron chi connectivity index (χ1n) is 8.68. The van der Waals surface area contributed by atoms with Crippen molar-refractivity contribution in [3.05, 3.63) is 65.5 Å². The van der Waals surface area contributed by atoms with Gasteiger partial charge in [-0.2, -0.15) is 4.31 Å². The summed E-state index contributed by atoms with van der Waals surface area (Å²) in [6, 6.07) is 10.9. The Balaban J connectivity index is 1.67. The van der Waals surface area contributed by atoms with Crippen LogP contribution in [0.2, 0.25) is 0 Å². The molecule has 2 heterocycles. The molecule has 0 atom stereocenters. The highest BCUT2D eigenvalue weighted by Gasteiger charge is 2.27. The summed E-state index contributed by atoms with van der Waals surface area (Å²) in [4.78, 5) is 18.2. The maximum absolute atomic E-state index is 12.8. The number of pyridine rings is 1. The molecule has 1 aromatic carbocycles. The normalized spacial score (nSPS) is 16.3. The maximum atomic E-state index is 12.8. The molecule has 138 valence electrons. The average molecular weight is 373 g/mol. The van der Waals surface area contributed by atoms with E-state index in [-0.39, 0.29) is 11.7 Å². The van der Waals surface area contributed by atoms with Gasteiger partial charge in [0.2, 0.25) is 10.0 Å². The number of carbonyl (C=O) groups excluding carboxylic acids is 1. The van der Waals surface area contributed by atoms with E-state index in [9.17, 15) is 13.2 Å². The number of aromatic nitrogens is 1. The van der Waals surface area contributed by atoms with Crippen LogP contribution >= 0.6 is 0 Å². The van der Waals surface area contributed by atoms with Crippen LogP contribution < -0.4 is 0 Å². The topological polar surface area (TPSA) is 70.6 Å². The van der Waals surface area contributed by atoms with Crippen LogP contribution in [0, 0.1) is 6.92 Å². The van der Waals surface area contributed by atoms with Gasteiger partial charge in [-0.25, -0.2) is 8.42 Å². The number of hydrogen-bond donors (Lipinski definition) is 0. The highest BCUT2D eigenvalue weighted by molar-refractivity contribution is 7.88. The minimum Gasteiger partial charge on any atom is -0.337 e. The molecule has 1 fully saturated rings. The molecule has 1 aliphatic rings. The number of carbonyl (C=O) groups is 1. The molecule has 0 aliphatic carbocycles. The van der Waals surface area contributed by atoms with Gasteiger partial charge < -0.3 is 4.90 Å². The summed E-state index contributed by atoms with van der Waals surface area (Å²) in [6.07, 6.45) is 3.80. The highest BCUT2D eigenvalue weighted by atomic mass is 32.2. The first kappa shape index (κ1) is 18.5. The van der Waals surface area contributed by atoms with Crippen LogP contribution in [0.3, 0.4) is 0 Å². The zero-order chi connectivity index (χ0) is 18.6. The molecule has 0 bridgehead atoms. The third kappa shape index (κ3) is 4.47. The van der Waals surface area contributed by atoms with Gasteiger partial charge in [0, 0.05) is 44.1 Å². The predicted octanol–water partition coefficient (Wildman–Crippen LogP) is 2.07. The maximum Gasteiger partial charge on any atom is 0.254 e. The summed E-state index contributed by atoms with van der Waals surface area (Å²) < 4.78 is 27.1. The third-order valence-corrected chi connectivity index (χ3v) is 6.34. The smallest absolute Gasteiger partial charge is 0.254 e. The lowest BCUT2D eigenvalue weighted by Crippen LogP contribution is -2.37. The fourth-order valence-electron chi connectivity index (χ4n) is 3.16. The van der Waals surface area contributed by atoms with Crippen molar-refractivity contribution in [3.63, 3.8) is 0 Å². The summed E-state index contributed by atoms with van der Waals surface area (Å²) in [5.74, 6) is -0.0854. The van der Waals surface area contributed by atoms with Crippen molar-refractivity contribution in [1.29, 1.82) is 0 Å². The largest absolute Gasteiger partial charge is 0.337 e. The second-order valence-corrected chi connectivity index (χ2v) is 8.49. The van der Waals surface area contributed by atoms with Gasteiger partial charge in [-0.05, 0) is 31.0 Å². The van der Waals surface area contributed by atoms with Gasteiger partial charge >= 0.3 is 0 Å². The van der Waals surface area contributed by atoms with Crippen LogP contribution in [-0.4, -0.2) is 54.7 Å². The number of rotatable bonds is 4. The Hall–Kier alpha value is -2.25. The first-order valence-corrected chi connectivity index (χ1v) is 10.3. The Morgan fingerprint density at radius 3 is 2.58 bits per heavy atom. The molecule has 0 unspecified atom stereocenters. The summed E-state index contributed by atoms with van der Waals surface area (Å²) in [7, 11) is -3.40. The Morgan fingerprint density at radius 2 is 1.85 bits per heavy atom. The Morgan fingerprint density at radius 1 is 1.08 bits per heavy atom. The van der Waals surface area contributed by atoms with Gasteiger partial charge in [-0.15, -0.1) is 0 Å². The molecule has 1 amide bonds. The van der Waals surface area contributed by atoms with E-state index < -0.39 is 10.0 Å². The van der Waals surface area contributed by atoms with Crippen LogP contribution in [0.5, 0.6) is 0 Å². The molecule has 0 spiro atoms. The monoisotopic (exact) mass is 373 g/mol. The fraction of sp³-hybridized carbons (Fsp3) is 0.368. The van der Waals surface area contributed by atoms with Gasteiger partial charge in [-0.1, -0.05) is 29.8 Å². The van der Waals surface area contributed by atoms with Crippen molar-refractivity contribution in [2.24, 2.45) is 0 Å². The van der Waals surface area contributed by atoms with E-state index in [1.807, 2.05) is 31.2 Å². The summed E-state index contributed by atoms with van der Waals surface area (Å²) >= 11 is 0. The van der Waals surface area contributed by atoms with Gasteiger partial charge in [-0.3, -0.25) is 9.78 Å². The van der Waals surface area contributed by atoms with E-state index in [2.05, 4.69) is 4.98 Å². The zero-order valence-electron chi connectivity index (χ0n) is 14.8. The lowest BCUT2D eigenvalue weighted by atomic mass is 10.2. The van der Waals surface area contributed by atoms with Crippen LogP contribution in [0.1, 0.15) is 27.9 Å². The molecule has 26 heavy (non-hydrogen) atoms. The molecule has 0 saturated carbocycles. The molecule has 2 aromatic rings. The minimum absolute atomic E-state index is 0.00696. The number of benzene rings is 1. The van der Waals surface area contributed by atoms with E-state index in [1.165, 1.54) is 4.31 Å². The lowest BCUT2D eigenvalue weighted by molar-refractivity contribution is 0.0764. The molecule has 1 aliphatic heterocycles. The van der Waals surface area contributed by atoms with Crippen LogP contribution in [0.15, 0.2) is 48.8 Å². The number of nitrogens with zero attached hydrogens (tertiary/aromatic N) is 3. The molecule has 3 rings (SSSR count). The van der Waals surface area contributed by atoms with Crippen molar-refractivity contribution in [2.45, 2.75) is 19.1 Å². The number of aryl methyl sites for hydroxylation is 1. The van der Waals surface area contributed by atoms with E-state index in [4.69, 9.17) is 0 Å². The molecule has 1 saturated heterocycles. The second kappa shape index (κ2) is 7.97. The van der Waals surface area contributed by atoms with Gasteiger partial charge in [0.15, 0.2) is 0 Å². The molecule has 0 radical (unpaired) electrons. The first-order chi connectivity index (χ1) is 12.5. The van der Waals surface area contributed by atoms with E-state index in [0.29, 0.717) is 38.2 Å². The number of hydrogen-bond acceptors (Lipinski definition) is 4. The minimum atomic E-state index is -3.40. The van der Waals surface area contributed by atoms with Gasteiger partial charge in [0.1, 0.15) is 0 Å². The van der Waals surface area contributed by atoms with E-state index in [1.54, 1.807) is 29.4 Å². The van der Waals surface area contributed by atoms with Crippen LogP contribution in [0.4, 0.5) is 0 Å². The van der Waals surface area contributed by atoms with Gasteiger partial charge in [0.25, 0.3) is 5.91 Å². The number of sulfonamides is 1. The molecular formula is C19H23N3O3S. The predicted molar refractivity (Wildman–Crippen MR) is 100 cm³/mol. The average Bonchev–Trinajstić information content (AvgIpc) is 2.88. The zero-order valence-corrected chi connectivity index (χ0v) is 15.7. The van der Waals surface area contributed by atoms with Crippen molar-refractivity contribution < 1.29 is 13.2 Å². The summed E-state index contributed by atoms with van der Waals surface area (Å²) in [5, 5.41) is 0. The Kier molecular flexibility index (Phi) is 5.68. The van der Waals surface area contributed by atoms with E-state index >= 15 is 0 Å². The summed E-state index contributed by atoms with van der Waals surface area (Å²) in [5.41, 5.74) is 2.41.